The van der Waals surface area contributed by atoms with E-state index < -0.39 is 20.1 Å². The molecule has 0 aliphatic rings. The van der Waals surface area contributed by atoms with Crippen LogP contribution in [0.15, 0.2) is 42.5 Å². The van der Waals surface area contributed by atoms with Gasteiger partial charge in [-0.3, -0.25) is 0 Å². The number of nitrogens with zero attached hydrogens (tertiary/aromatic N) is 1. The summed E-state index contributed by atoms with van der Waals surface area (Å²) in [4.78, 5) is 16.0. The van der Waals surface area contributed by atoms with Crippen molar-refractivity contribution in [1.82, 2.24) is 4.98 Å². The Morgan fingerprint density at radius 1 is 1.15 bits per heavy atom. The van der Waals surface area contributed by atoms with E-state index in [2.05, 4.69) is 44.2 Å². The van der Waals surface area contributed by atoms with Crippen molar-refractivity contribution in [2.75, 3.05) is 12.4 Å². The van der Waals surface area contributed by atoms with E-state index in [1.807, 2.05) is 30.3 Å². The molecule has 3 aromatic rings. The molecule has 0 bridgehead atoms. The molecular formula is C25H31FN2O4Si. The van der Waals surface area contributed by atoms with Gasteiger partial charge in [-0.15, -0.1) is 0 Å². The van der Waals surface area contributed by atoms with Crippen LogP contribution in [0.1, 0.15) is 42.3 Å². The lowest BCUT2D eigenvalue weighted by Gasteiger charge is -2.36. The zero-order valence-corrected chi connectivity index (χ0v) is 21.0. The second kappa shape index (κ2) is 9.49. The Labute approximate surface area is 194 Å². The molecule has 2 aromatic carbocycles. The van der Waals surface area contributed by atoms with Crippen LogP contribution in [-0.2, 0) is 17.6 Å². The van der Waals surface area contributed by atoms with Gasteiger partial charge in [0.2, 0.25) is 0 Å². The topological polar surface area (TPSA) is 80.7 Å². The number of carbonyl (C=O) groups is 1. The summed E-state index contributed by atoms with van der Waals surface area (Å²) in [5, 5.41) is 13.2. The van der Waals surface area contributed by atoms with Crippen molar-refractivity contribution < 1.29 is 23.5 Å². The molecule has 0 unspecified atom stereocenters. The summed E-state index contributed by atoms with van der Waals surface area (Å²) < 4.78 is 26.0. The van der Waals surface area contributed by atoms with Crippen LogP contribution in [0.2, 0.25) is 18.1 Å². The van der Waals surface area contributed by atoms with Crippen molar-refractivity contribution in [2.45, 2.75) is 52.1 Å². The number of pyridine rings is 1. The molecule has 3 rings (SSSR count). The molecule has 1 heterocycles. The minimum absolute atomic E-state index is 0.0175. The number of aromatic nitrogens is 1. The van der Waals surface area contributed by atoms with E-state index in [4.69, 9.17) is 9.16 Å². The molecule has 2 N–H and O–H groups in total. The monoisotopic (exact) mass is 470 g/mol. The fraction of sp³-hybridized carbons (Fsp3) is 0.360. The number of ether oxygens (including phenoxy) is 1. The molecule has 0 radical (unpaired) electrons. The number of fused-ring (bicyclic) bond motifs is 1. The summed E-state index contributed by atoms with van der Waals surface area (Å²) in [6.07, 6.45) is 0. The minimum Gasteiger partial charge on any atom is -0.497 e. The predicted octanol–water partition coefficient (Wildman–Crippen LogP) is 6.21. The lowest BCUT2D eigenvalue weighted by Crippen LogP contribution is -2.40. The van der Waals surface area contributed by atoms with Gasteiger partial charge in [0.1, 0.15) is 17.4 Å². The first-order valence-corrected chi connectivity index (χ1v) is 13.7. The molecular weight excluding hydrogens is 439 g/mol. The maximum Gasteiger partial charge on any atom is 0.338 e. The van der Waals surface area contributed by atoms with Crippen LogP contribution in [0.5, 0.6) is 5.75 Å². The van der Waals surface area contributed by atoms with Crippen LogP contribution in [-0.4, -0.2) is 31.5 Å². The number of halogens is 1. The molecule has 0 spiro atoms. The van der Waals surface area contributed by atoms with Gasteiger partial charge >= 0.3 is 5.97 Å². The highest BCUT2D eigenvalue weighted by Gasteiger charge is 2.37. The van der Waals surface area contributed by atoms with Gasteiger partial charge < -0.3 is 19.6 Å². The van der Waals surface area contributed by atoms with Gasteiger partial charge in [0.05, 0.1) is 24.8 Å². The first-order valence-electron chi connectivity index (χ1n) is 10.8. The molecule has 8 heteroatoms. The van der Waals surface area contributed by atoms with Crippen molar-refractivity contribution in [2.24, 2.45) is 0 Å². The number of methoxy groups -OCH3 is 1. The van der Waals surface area contributed by atoms with Crippen LogP contribution < -0.4 is 10.1 Å². The van der Waals surface area contributed by atoms with Gasteiger partial charge in [0.25, 0.3) is 0 Å². The second-order valence-corrected chi connectivity index (χ2v) is 14.4. The SMILES string of the molecule is COc1ccc(CNc2cc(CO[Si](C)(C)C(C)(C)C)c3cc(C(=O)O)c(F)cc3n2)cc1. The molecule has 0 aliphatic heterocycles. The summed E-state index contributed by atoms with van der Waals surface area (Å²) in [5.74, 6) is -0.787. The molecule has 1 aromatic heterocycles. The van der Waals surface area contributed by atoms with E-state index >= 15 is 0 Å². The van der Waals surface area contributed by atoms with Crippen molar-refractivity contribution in [3.8, 4) is 5.75 Å². The largest absolute Gasteiger partial charge is 0.497 e. The van der Waals surface area contributed by atoms with E-state index in [9.17, 15) is 14.3 Å². The van der Waals surface area contributed by atoms with Crippen LogP contribution in [0.25, 0.3) is 10.9 Å². The molecule has 176 valence electrons. The average Bonchev–Trinajstić information content (AvgIpc) is 2.74. The number of anilines is 1. The Kier molecular flexibility index (Phi) is 7.09. The number of rotatable bonds is 8. The van der Waals surface area contributed by atoms with Crippen molar-refractivity contribution in [3.05, 3.63) is 65.0 Å². The highest BCUT2D eigenvalue weighted by atomic mass is 28.4. The number of carboxylic acid groups (broad SMARTS) is 1. The molecule has 33 heavy (non-hydrogen) atoms. The molecule has 0 saturated heterocycles. The number of nitrogens with one attached hydrogen (secondary N) is 1. The summed E-state index contributed by atoms with van der Waals surface area (Å²) in [5.41, 5.74) is 1.80. The normalized spacial score (nSPS) is 12.1. The third-order valence-electron chi connectivity index (χ3n) is 6.24. The number of hydrogen-bond donors (Lipinski definition) is 2. The summed E-state index contributed by atoms with van der Waals surface area (Å²) >= 11 is 0. The number of aromatic carboxylic acids is 1. The summed E-state index contributed by atoms with van der Waals surface area (Å²) in [6.45, 7) is 11.6. The first-order chi connectivity index (χ1) is 15.4. The quantitative estimate of drug-likeness (QED) is 0.381. The van der Waals surface area contributed by atoms with E-state index in [0.717, 1.165) is 16.9 Å². The molecule has 0 saturated carbocycles. The Morgan fingerprint density at radius 3 is 2.39 bits per heavy atom. The number of hydrogen-bond acceptors (Lipinski definition) is 5. The summed E-state index contributed by atoms with van der Waals surface area (Å²) in [7, 11) is -0.442. The van der Waals surface area contributed by atoms with Crippen LogP contribution in [0.3, 0.4) is 0 Å². The van der Waals surface area contributed by atoms with Gasteiger partial charge in [0.15, 0.2) is 8.32 Å². The van der Waals surface area contributed by atoms with Crippen molar-refractivity contribution in [1.29, 1.82) is 0 Å². The lowest BCUT2D eigenvalue weighted by molar-refractivity contribution is 0.0692. The van der Waals surface area contributed by atoms with E-state index in [0.29, 0.717) is 23.3 Å². The predicted molar refractivity (Wildman–Crippen MR) is 131 cm³/mol. The van der Waals surface area contributed by atoms with Crippen molar-refractivity contribution >= 4 is 31.0 Å². The van der Waals surface area contributed by atoms with Gasteiger partial charge in [-0.2, -0.15) is 0 Å². The molecule has 0 amide bonds. The van der Waals surface area contributed by atoms with E-state index in [1.54, 1.807) is 7.11 Å². The van der Waals surface area contributed by atoms with Crippen LogP contribution >= 0.6 is 0 Å². The lowest BCUT2D eigenvalue weighted by atomic mass is 10.1. The molecule has 0 aliphatic carbocycles. The zero-order valence-electron chi connectivity index (χ0n) is 20.0. The first kappa shape index (κ1) is 24.7. The van der Waals surface area contributed by atoms with Crippen molar-refractivity contribution in [3.63, 3.8) is 0 Å². The van der Waals surface area contributed by atoms with Gasteiger partial charge in [-0.25, -0.2) is 14.2 Å². The zero-order chi connectivity index (χ0) is 24.4. The molecule has 0 atom stereocenters. The maximum absolute atomic E-state index is 14.4. The smallest absolute Gasteiger partial charge is 0.338 e. The number of benzene rings is 2. The molecule has 6 nitrogen and oxygen atoms in total. The fourth-order valence-electron chi connectivity index (χ4n) is 3.10. The Bertz CT molecular complexity index is 1160. The number of carboxylic acids is 1. The van der Waals surface area contributed by atoms with Crippen LogP contribution in [0, 0.1) is 5.82 Å². The standard InChI is InChI=1S/C25H31FN2O4Si/c1-25(2,3)33(5,6)32-15-17-11-23(27-14-16-7-9-18(31-4)10-8-16)28-22-13-21(26)20(24(29)30)12-19(17)22/h7-13H,14-15H2,1-6H3,(H,27,28)(H,29,30). The third kappa shape index (κ3) is 5.69. The Hall–Kier alpha value is -2.97. The van der Waals surface area contributed by atoms with Gasteiger partial charge in [-0.1, -0.05) is 32.9 Å². The second-order valence-electron chi connectivity index (χ2n) is 9.57. The third-order valence-corrected chi connectivity index (χ3v) is 10.7. The van der Waals surface area contributed by atoms with Gasteiger partial charge in [0, 0.05) is 18.0 Å². The highest BCUT2D eigenvalue weighted by molar-refractivity contribution is 6.74. The average molecular weight is 471 g/mol. The highest BCUT2D eigenvalue weighted by Crippen LogP contribution is 2.37. The molecule has 0 fully saturated rings. The minimum atomic E-state index is -2.06. The van der Waals surface area contributed by atoms with Crippen LogP contribution in [0.4, 0.5) is 10.2 Å². The van der Waals surface area contributed by atoms with E-state index in [1.165, 1.54) is 12.1 Å². The Balaban J connectivity index is 1.97. The summed E-state index contributed by atoms with van der Waals surface area (Å²) in [6, 6.07) is 12.0. The van der Waals surface area contributed by atoms with E-state index in [-0.39, 0.29) is 17.2 Å². The Morgan fingerprint density at radius 2 is 1.82 bits per heavy atom. The maximum atomic E-state index is 14.4. The van der Waals surface area contributed by atoms with Gasteiger partial charge in [-0.05, 0) is 53.5 Å². The fourth-order valence-corrected chi connectivity index (χ4v) is 4.05.